The monoisotopic (exact) mass is 438 g/mol. The molecule has 0 aliphatic carbocycles. The molecule has 24 heavy (non-hydrogen) atoms. The van der Waals surface area contributed by atoms with Crippen LogP contribution in [0.25, 0.3) is 0 Å². The van der Waals surface area contributed by atoms with Crippen molar-refractivity contribution >= 4 is 34.4 Å². The average molecular weight is 438 g/mol. The molecule has 6 heteroatoms. The number of amides is 2. The summed E-state index contributed by atoms with van der Waals surface area (Å²) < 4.78 is 6.55. The van der Waals surface area contributed by atoms with Gasteiger partial charge in [0.05, 0.1) is 3.57 Å². The number of hydrogen-bond acceptors (Lipinski definition) is 3. The fraction of sp³-hybridized carbons (Fsp3) is 0.222. The first-order chi connectivity index (χ1) is 11.6. The number of rotatable bonds is 8. The Hall–Kier alpha value is -2.09. The van der Waals surface area contributed by atoms with Crippen molar-refractivity contribution < 1.29 is 14.3 Å². The van der Waals surface area contributed by atoms with E-state index in [1.54, 1.807) is 4.90 Å². The van der Waals surface area contributed by atoms with Crippen LogP contribution in [-0.2, 0) is 16.1 Å². The molecule has 2 amide bonds. The molecule has 0 aromatic heterocycles. The Morgan fingerprint density at radius 2 is 1.71 bits per heavy atom. The summed E-state index contributed by atoms with van der Waals surface area (Å²) in [6, 6.07) is 17.1. The third kappa shape index (κ3) is 5.84. The van der Waals surface area contributed by atoms with E-state index in [-0.39, 0.29) is 25.5 Å². The Morgan fingerprint density at radius 3 is 2.38 bits per heavy atom. The number of ether oxygens (including phenoxy) is 1. The minimum Gasteiger partial charge on any atom is -0.483 e. The van der Waals surface area contributed by atoms with E-state index in [2.05, 4.69) is 22.6 Å². The normalized spacial score (nSPS) is 10.2. The molecule has 0 atom stereocenters. The van der Waals surface area contributed by atoms with Gasteiger partial charge in [-0.3, -0.25) is 9.59 Å². The van der Waals surface area contributed by atoms with Crippen molar-refractivity contribution in [3.05, 3.63) is 63.7 Å². The van der Waals surface area contributed by atoms with Crippen LogP contribution in [0.1, 0.15) is 12.0 Å². The molecule has 2 aromatic carbocycles. The Labute approximate surface area is 154 Å². The Bertz CT molecular complexity index is 692. The summed E-state index contributed by atoms with van der Waals surface area (Å²) in [5.74, 6) is 0.0557. The number of benzene rings is 2. The van der Waals surface area contributed by atoms with Gasteiger partial charge < -0.3 is 15.4 Å². The van der Waals surface area contributed by atoms with Gasteiger partial charge in [0.25, 0.3) is 5.91 Å². The van der Waals surface area contributed by atoms with E-state index in [4.69, 9.17) is 10.5 Å². The van der Waals surface area contributed by atoms with Crippen LogP contribution in [0.2, 0.25) is 0 Å². The first-order valence-corrected chi connectivity index (χ1v) is 8.61. The second-order valence-corrected chi connectivity index (χ2v) is 6.40. The predicted molar refractivity (Wildman–Crippen MR) is 100 cm³/mol. The van der Waals surface area contributed by atoms with Crippen LogP contribution in [0.15, 0.2) is 54.6 Å². The van der Waals surface area contributed by atoms with Crippen molar-refractivity contribution in [2.24, 2.45) is 5.73 Å². The van der Waals surface area contributed by atoms with E-state index in [1.165, 1.54) is 0 Å². The fourth-order valence-electron chi connectivity index (χ4n) is 2.13. The quantitative estimate of drug-likeness (QED) is 0.645. The van der Waals surface area contributed by atoms with E-state index in [0.717, 1.165) is 9.13 Å². The zero-order chi connectivity index (χ0) is 17.4. The molecule has 2 N–H and O–H groups in total. The summed E-state index contributed by atoms with van der Waals surface area (Å²) >= 11 is 2.16. The summed E-state index contributed by atoms with van der Waals surface area (Å²) in [5.41, 5.74) is 6.20. The SMILES string of the molecule is NC(=O)CCN(Cc1ccccc1)C(=O)COc1ccccc1I. The highest BCUT2D eigenvalue weighted by Crippen LogP contribution is 2.19. The number of carbonyl (C=O) groups excluding carboxylic acids is 2. The summed E-state index contributed by atoms with van der Waals surface area (Å²) in [4.78, 5) is 25.1. The molecule has 0 saturated carbocycles. The standard InChI is InChI=1S/C18H19IN2O3/c19-15-8-4-5-9-16(15)24-13-18(23)21(11-10-17(20)22)12-14-6-2-1-3-7-14/h1-9H,10-13H2,(H2,20,22). The largest absolute Gasteiger partial charge is 0.483 e. The molecule has 2 aromatic rings. The molecule has 0 radical (unpaired) electrons. The maximum atomic E-state index is 12.5. The number of hydrogen-bond donors (Lipinski definition) is 1. The highest BCUT2D eigenvalue weighted by Gasteiger charge is 2.16. The minimum atomic E-state index is -0.431. The molecule has 0 unspecified atom stereocenters. The lowest BCUT2D eigenvalue weighted by Crippen LogP contribution is -2.36. The lowest BCUT2D eigenvalue weighted by molar-refractivity contribution is -0.134. The molecular weight excluding hydrogens is 419 g/mol. The number of nitrogens with two attached hydrogens (primary N) is 1. The second-order valence-electron chi connectivity index (χ2n) is 5.24. The van der Waals surface area contributed by atoms with Crippen molar-refractivity contribution in [3.63, 3.8) is 0 Å². The molecule has 0 aliphatic rings. The van der Waals surface area contributed by atoms with Crippen molar-refractivity contribution in [3.8, 4) is 5.75 Å². The smallest absolute Gasteiger partial charge is 0.260 e. The topological polar surface area (TPSA) is 72.6 Å². The summed E-state index contributed by atoms with van der Waals surface area (Å²) in [7, 11) is 0. The lowest BCUT2D eigenvalue weighted by atomic mass is 10.2. The Morgan fingerprint density at radius 1 is 1.04 bits per heavy atom. The molecule has 2 rings (SSSR count). The molecule has 5 nitrogen and oxygen atoms in total. The van der Waals surface area contributed by atoms with E-state index < -0.39 is 5.91 Å². The van der Waals surface area contributed by atoms with Gasteiger partial charge in [-0.1, -0.05) is 42.5 Å². The molecule has 0 spiro atoms. The summed E-state index contributed by atoms with van der Waals surface area (Å²) in [6.45, 7) is 0.617. The van der Waals surface area contributed by atoms with Gasteiger partial charge in [0, 0.05) is 19.5 Å². The van der Waals surface area contributed by atoms with E-state index in [1.807, 2.05) is 54.6 Å². The molecule has 0 saturated heterocycles. The van der Waals surface area contributed by atoms with Crippen LogP contribution >= 0.6 is 22.6 Å². The summed E-state index contributed by atoms with van der Waals surface area (Å²) in [6.07, 6.45) is 0.126. The maximum absolute atomic E-state index is 12.5. The van der Waals surface area contributed by atoms with Crippen molar-refractivity contribution in [2.75, 3.05) is 13.2 Å². The number of primary amides is 1. The number of nitrogens with zero attached hydrogens (tertiary/aromatic N) is 1. The van der Waals surface area contributed by atoms with E-state index >= 15 is 0 Å². The van der Waals surface area contributed by atoms with Crippen LogP contribution in [0, 0.1) is 3.57 Å². The zero-order valence-electron chi connectivity index (χ0n) is 13.2. The Balaban J connectivity index is 2.00. The molecule has 0 bridgehead atoms. The molecule has 0 heterocycles. The van der Waals surface area contributed by atoms with Crippen LogP contribution in [0.4, 0.5) is 0 Å². The number of para-hydroxylation sites is 1. The fourth-order valence-corrected chi connectivity index (χ4v) is 2.68. The third-order valence-electron chi connectivity index (χ3n) is 3.38. The number of halogens is 1. The van der Waals surface area contributed by atoms with Crippen molar-refractivity contribution in [1.29, 1.82) is 0 Å². The van der Waals surface area contributed by atoms with E-state index in [0.29, 0.717) is 12.3 Å². The van der Waals surface area contributed by atoms with Gasteiger partial charge in [-0.25, -0.2) is 0 Å². The van der Waals surface area contributed by atoms with Crippen LogP contribution in [0.5, 0.6) is 5.75 Å². The van der Waals surface area contributed by atoms with E-state index in [9.17, 15) is 9.59 Å². The third-order valence-corrected chi connectivity index (χ3v) is 4.28. The zero-order valence-corrected chi connectivity index (χ0v) is 15.3. The molecular formula is C18H19IN2O3. The van der Waals surface area contributed by atoms with Crippen LogP contribution in [-0.4, -0.2) is 29.9 Å². The second kappa shape index (κ2) is 9.27. The first kappa shape index (κ1) is 18.3. The maximum Gasteiger partial charge on any atom is 0.260 e. The minimum absolute atomic E-state index is 0.0778. The van der Waals surface area contributed by atoms with Crippen LogP contribution in [0.3, 0.4) is 0 Å². The molecule has 0 aliphatic heterocycles. The summed E-state index contributed by atoms with van der Waals surface area (Å²) in [5, 5.41) is 0. The van der Waals surface area contributed by atoms with Crippen molar-refractivity contribution in [2.45, 2.75) is 13.0 Å². The molecule has 0 fully saturated rings. The van der Waals surface area contributed by atoms with Gasteiger partial charge in [-0.2, -0.15) is 0 Å². The van der Waals surface area contributed by atoms with Gasteiger partial charge in [0.2, 0.25) is 5.91 Å². The highest BCUT2D eigenvalue weighted by molar-refractivity contribution is 14.1. The average Bonchev–Trinajstić information content (AvgIpc) is 2.58. The highest BCUT2D eigenvalue weighted by atomic mass is 127. The first-order valence-electron chi connectivity index (χ1n) is 7.53. The lowest BCUT2D eigenvalue weighted by Gasteiger charge is -2.22. The van der Waals surface area contributed by atoms with Crippen molar-refractivity contribution in [1.82, 2.24) is 4.90 Å². The van der Waals surface area contributed by atoms with Gasteiger partial charge in [0.15, 0.2) is 6.61 Å². The van der Waals surface area contributed by atoms with Gasteiger partial charge in [-0.15, -0.1) is 0 Å². The predicted octanol–water partition coefficient (Wildman–Crippen LogP) is 2.57. The van der Waals surface area contributed by atoms with Gasteiger partial charge >= 0.3 is 0 Å². The van der Waals surface area contributed by atoms with Crippen LogP contribution < -0.4 is 10.5 Å². The van der Waals surface area contributed by atoms with Gasteiger partial charge in [0.1, 0.15) is 5.75 Å². The molecule has 126 valence electrons. The number of carbonyl (C=O) groups is 2. The Kier molecular flexibility index (Phi) is 7.05. The van der Waals surface area contributed by atoms with Gasteiger partial charge in [-0.05, 0) is 40.3 Å².